The smallest absolute Gasteiger partial charge is 0.261 e. The van der Waals surface area contributed by atoms with Gasteiger partial charge in [0.1, 0.15) is 12.4 Å². The summed E-state index contributed by atoms with van der Waals surface area (Å²) in [5.74, 6) is 1.41. The van der Waals surface area contributed by atoms with E-state index in [1.807, 2.05) is 6.92 Å². The molecule has 0 saturated heterocycles. The minimum absolute atomic E-state index is 0.204. The summed E-state index contributed by atoms with van der Waals surface area (Å²) in [6, 6.07) is 13.9. The molecule has 2 N–H and O–H groups in total. The van der Waals surface area contributed by atoms with Crippen LogP contribution in [0.15, 0.2) is 48.5 Å². The molecule has 3 aromatic rings. The fraction of sp³-hybridized carbons (Fsp3) is 0.182. The SMILES string of the molecule is Cc1cc(NC(=O)c2ccccc2Cl)sc1C(=O)NCCOc1ccc2c(c1)OCO2. The van der Waals surface area contributed by atoms with E-state index >= 15 is 0 Å². The highest BCUT2D eigenvalue weighted by Gasteiger charge is 2.17. The molecular weight excluding hydrogens is 440 g/mol. The number of nitrogens with one attached hydrogen (secondary N) is 2. The lowest BCUT2D eigenvalue weighted by molar-refractivity contribution is 0.0949. The maximum Gasteiger partial charge on any atom is 0.261 e. The van der Waals surface area contributed by atoms with Gasteiger partial charge in [-0.05, 0) is 42.8 Å². The predicted molar refractivity (Wildman–Crippen MR) is 119 cm³/mol. The van der Waals surface area contributed by atoms with Gasteiger partial charge in [-0.2, -0.15) is 0 Å². The van der Waals surface area contributed by atoms with E-state index < -0.39 is 0 Å². The molecule has 0 bridgehead atoms. The zero-order chi connectivity index (χ0) is 21.8. The van der Waals surface area contributed by atoms with Gasteiger partial charge in [-0.25, -0.2) is 0 Å². The molecule has 0 unspecified atom stereocenters. The highest BCUT2D eigenvalue weighted by atomic mass is 35.5. The summed E-state index contributed by atoms with van der Waals surface area (Å²) in [6.45, 7) is 2.65. The van der Waals surface area contributed by atoms with Crippen LogP contribution >= 0.6 is 22.9 Å². The first-order valence-corrected chi connectivity index (χ1v) is 10.7. The van der Waals surface area contributed by atoms with E-state index in [0.717, 1.165) is 5.56 Å². The average Bonchev–Trinajstić information content (AvgIpc) is 3.37. The lowest BCUT2D eigenvalue weighted by atomic mass is 10.2. The van der Waals surface area contributed by atoms with E-state index in [2.05, 4.69) is 10.6 Å². The molecule has 9 heteroatoms. The Kier molecular flexibility index (Phi) is 6.29. The van der Waals surface area contributed by atoms with Crippen molar-refractivity contribution < 1.29 is 23.8 Å². The minimum Gasteiger partial charge on any atom is -0.492 e. The van der Waals surface area contributed by atoms with Crippen LogP contribution in [0.5, 0.6) is 17.2 Å². The Hall–Kier alpha value is -3.23. The standard InChI is InChI=1S/C22H19ClN2O5S/c1-13-10-19(25-21(26)15-4-2-3-5-16(15)23)31-20(13)22(27)24-8-9-28-14-6-7-17-18(11-14)30-12-29-17/h2-7,10-11H,8-9,12H2,1H3,(H,24,27)(H,25,26). The topological polar surface area (TPSA) is 85.9 Å². The third-order valence-electron chi connectivity index (χ3n) is 4.48. The predicted octanol–water partition coefficient (Wildman–Crippen LogP) is 4.50. The largest absolute Gasteiger partial charge is 0.492 e. The summed E-state index contributed by atoms with van der Waals surface area (Å²) in [5, 5.41) is 6.56. The summed E-state index contributed by atoms with van der Waals surface area (Å²) in [5.41, 5.74) is 1.15. The number of thiophene rings is 1. The molecule has 2 aromatic carbocycles. The molecular formula is C22H19ClN2O5S. The zero-order valence-corrected chi connectivity index (χ0v) is 18.1. The molecule has 7 nitrogen and oxygen atoms in total. The van der Waals surface area contributed by atoms with Crippen molar-refractivity contribution in [3.8, 4) is 17.2 Å². The van der Waals surface area contributed by atoms with Crippen molar-refractivity contribution in [3.05, 3.63) is 69.6 Å². The molecule has 31 heavy (non-hydrogen) atoms. The van der Waals surface area contributed by atoms with Gasteiger partial charge in [0.05, 0.1) is 27.0 Å². The maximum absolute atomic E-state index is 12.5. The number of hydrogen-bond donors (Lipinski definition) is 2. The van der Waals surface area contributed by atoms with E-state index in [1.54, 1.807) is 48.5 Å². The quantitative estimate of drug-likeness (QED) is 0.509. The zero-order valence-electron chi connectivity index (χ0n) is 16.6. The summed E-state index contributed by atoms with van der Waals surface area (Å²) < 4.78 is 16.2. The van der Waals surface area contributed by atoms with E-state index in [4.69, 9.17) is 25.8 Å². The number of hydrogen-bond acceptors (Lipinski definition) is 6. The Morgan fingerprint density at radius 2 is 1.90 bits per heavy atom. The lowest BCUT2D eigenvalue weighted by Crippen LogP contribution is -2.27. The summed E-state index contributed by atoms with van der Waals surface area (Å²) in [4.78, 5) is 25.5. The lowest BCUT2D eigenvalue weighted by Gasteiger charge is -2.08. The first-order valence-electron chi connectivity index (χ1n) is 9.48. The van der Waals surface area contributed by atoms with Crippen molar-refractivity contribution in [1.82, 2.24) is 5.32 Å². The van der Waals surface area contributed by atoms with Gasteiger partial charge in [0.2, 0.25) is 6.79 Å². The molecule has 0 atom stereocenters. The average molecular weight is 459 g/mol. The number of rotatable bonds is 7. The fourth-order valence-electron chi connectivity index (χ4n) is 2.97. The van der Waals surface area contributed by atoms with Gasteiger partial charge in [-0.15, -0.1) is 11.3 Å². The Labute approximate surface area is 187 Å². The Bertz CT molecular complexity index is 1130. The number of halogens is 1. The Morgan fingerprint density at radius 3 is 2.74 bits per heavy atom. The Balaban J connectivity index is 1.29. The van der Waals surface area contributed by atoms with Gasteiger partial charge < -0.3 is 24.8 Å². The molecule has 2 amide bonds. The molecule has 2 heterocycles. The second-order valence-corrected chi connectivity index (χ2v) is 8.14. The van der Waals surface area contributed by atoms with Crippen LogP contribution in [0.3, 0.4) is 0 Å². The molecule has 160 valence electrons. The normalized spacial score (nSPS) is 11.8. The maximum atomic E-state index is 12.5. The van der Waals surface area contributed by atoms with Gasteiger partial charge in [0.15, 0.2) is 11.5 Å². The molecule has 1 aromatic heterocycles. The highest BCUT2D eigenvalue weighted by Crippen LogP contribution is 2.35. The van der Waals surface area contributed by atoms with Crippen molar-refractivity contribution in [1.29, 1.82) is 0 Å². The molecule has 0 spiro atoms. The van der Waals surface area contributed by atoms with Crippen molar-refractivity contribution in [2.45, 2.75) is 6.92 Å². The van der Waals surface area contributed by atoms with E-state index in [9.17, 15) is 9.59 Å². The molecule has 0 fully saturated rings. The minimum atomic E-state index is -0.323. The number of carbonyl (C=O) groups excluding carboxylic acids is 2. The third-order valence-corrected chi connectivity index (χ3v) is 5.96. The second-order valence-electron chi connectivity index (χ2n) is 6.68. The van der Waals surface area contributed by atoms with Gasteiger partial charge in [-0.3, -0.25) is 9.59 Å². The Morgan fingerprint density at radius 1 is 1.10 bits per heavy atom. The van der Waals surface area contributed by atoms with Crippen LogP contribution in [-0.2, 0) is 0 Å². The van der Waals surface area contributed by atoms with Crippen LogP contribution in [0, 0.1) is 6.92 Å². The number of fused-ring (bicyclic) bond motifs is 1. The molecule has 1 aliphatic rings. The third kappa shape index (κ3) is 4.92. The monoisotopic (exact) mass is 458 g/mol. The van der Waals surface area contributed by atoms with Gasteiger partial charge in [-0.1, -0.05) is 23.7 Å². The number of aryl methyl sites for hydroxylation is 1. The van der Waals surface area contributed by atoms with Gasteiger partial charge >= 0.3 is 0 Å². The summed E-state index contributed by atoms with van der Waals surface area (Å²) >= 11 is 7.27. The number of carbonyl (C=O) groups is 2. The first-order chi connectivity index (χ1) is 15.0. The number of ether oxygens (including phenoxy) is 3. The van der Waals surface area contributed by atoms with Gasteiger partial charge in [0, 0.05) is 6.07 Å². The molecule has 0 radical (unpaired) electrons. The van der Waals surface area contributed by atoms with Crippen LogP contribution in [0.2, 0.25) is 5.02 Å². The van der Waals surface area contributed by atoms with Crippen molar-refractivity contribution in [3.63, 3.8) is 0 Å². The number of benzene rings is 2. The highest BCUT2D eigenvalue weighted by molar-refractivity contribution is 7.18. The van der Waals surface area contributed by atoms with Crippen LogP contribution in [-0.4, -0.2) is 31.8 Å². The summed E-state index contributed by atoms with van der Waals surface area (Å²) in [7, 11) is 0. The molecule has 0 aliphatic carbocycles. The van der Waals surface area contributed by atoms with E-state index in [0.29, 0.717) is 50.9 Å². The van der Waals surface area contributed by atoms with Crippen molar-refractivity contribution >= 4 is 39.8 Å². The van der Waals surface area contributed by atoms with Crippen molar-refractivity contribution in [2.24, 2.45) is 0 Å². The van der Waals surface area contributed by atoms with Crippen molar-refractivity contribution in [2.75, 3.05) is 25.3 Å². The number of anilines is 1. The summed E-state index contributed by atoms with van der Waals surface area (Å²) in [6.07, 6.45) is 0. The number of amides is 2. The van der Waals surface area contributed by atoms with E-state index in [1.165, 1.54) is 11.3 Å². The molecule has 0 saturated carbocycles. The van der Waals surface area contributed by atoms with Crippen LogP contribution in [0.1, 0.15) is 25.6 Å². The fourth-order valence-corrected chi connectivity index (χ4v) is 4.18. The van der Waals surface area contributed by atoms with Crippen LogP contribution in [0.4, 0.5) is 5.00 Å². The van der Waals surface area contributed by atoms with Crippen LogP contribution in [0.25, 0.3) is 0 Å². The second kappa shape index (κ2) is 9.28. The van der Waals surface area contributed by atoms with E-state index in [-0.39, 0.29) is 18.6 Å². The van der Waals surface area contributed by atoms with Gasteiger partial charge in [0.25, 0.3) is 11.8 Å². The first kappa shape index (κ1) is 21.0. The molecule has 1 aliphatic heterocycles. The van der Waals surface area contributed by atoms with Crippen LogP contribution < -0.4 is 24.8 Å². The molecule has 4 rings (SSSR count).